The molecule has 2 rings (SSSR count). The number of nitriles is 1. The minimum Gasteiger partial charge on any atom is -0.352 e. The highest BCUT2D eigenvalue weighted by Gasteiger charge is 2.13. The number of nitrogens with one attached hydrogen (secondary N) is 1. The molecule has 2 amide bonds. The molecule has 0 fully saturated rings. The lowest BCUT2D eigenvalue weighted by Gasteiger charge is -2.17. The van der Waals surface area contributed by atoms with E-state index >= 15 is 0 Å². The van der Waals surface area contributed by atoms with Crippen LogP contribution in [0, 0.1) is 23.0 Å². The van der Waals surface area contributed by atoms with E-state index in [0.29, 0.717) is 24.6 Å². The molecule has 0 atom stereocenters. The van der Waals surface area contributed by atoms with Gasteiger partial charge in [0.1, 0.15) is 11.6 Å². The lowest BCUT2D eigenvalue weighted by Crippen LogP contribution is -2.29. The largest absolute Gasteiger partial charge is 0.352 e. The van der Waals surface area contributed by atoms with Crippen LogP contribution in [-0.4, -0.2) is 30.3 Å². The second kappa shape index (κ2) is 9.43. The molecule has 0 aliphatic heterocycles. The van der Waals surface area contributed by atoms with Gasteiger partial charge < -0.3 is 10.2 Å². The number of amides is 2. The molecule has 0 bridgehead atoms. The Balaban J connectivity index is 1.76. The monoisotopic (exact) mass is 371 g/mol. The van der Waals surface area contributed by atoms with Crippen molar-refractivity contribution in [2.45, 2.75) is 19.4 Å². The van der Waals surface area contributed by atoms with Crippen molar-refractivity contribution < 1.29 is 18.4 Å². The third-order valence-corrected chi connectivity index (χ3v) is 3.93. The average molecular weight is 371 g/mol. The van der Waals surface area contributed by atoms with E-state index in [1.807, 2.05) is 6.07 Å². The normalized spacial score (nSPS) is 10.1. The van der Waals surface area contributed by atoms with E-state index in [9.17, 15) is 18.4 Å². The molecule has 0 aromatic heterocycles. The Kier molecular flexibility index (Phi) is 7.00. The topological polar surface area (TPSA) is 73.2 Å². The zero-order valence-electron chi connectivity index (χ0n) is 14.8. The minimum atomic E-state index is -0.928. The van der Waals surface area contributed by atoms with Crippen molar-refractivity contribution in [3.8, 4) is 6.07 Å². The first-order valence-corrected chi connectivity index (χ1v) is 8.37. The molecule has 0 saturated heterocycles. The highest BCUT2D eigenvalue weighted by Crippen LogP contribution is 2.10. The van der Waals surface area contributed by atoms with Crippen LogP contribution in [0.15, 0.2) is 42.5 Å². The average Bonchev–Trinajstić information content (AvgIpc) is 2.64. The predicted molar refractivity (Wildman–Crippen MR) is 95.6 cm³/mol. The Morgan fingerprint density at radius 2 is 1.96 bits per heavy atom. The summed E-state index contributed by atoms with van der Waals surface area (Å²) in [7, 11) is 1.66. The molecule has 140 valence electrons. The highest BCUT2D eigenvalue weighted by atomic mass is 19.1. The van der Waals surface area contributed by atoms with Crippen molar-refractivity contribution in [1.82, 2.24) is 10.2 Å². The molecule has 0 aliphatic rings. The quantitative estimate of drug-likeness (QED) is 0.761. The van der Waals surface area contributed by atoms with Gasteiger partial charge in [0.15, 0.2) is 0 Å². The van der Waals surface area contributed by atoms with Crippen LogP contribution in [-0.2, 0) is 11.3 Å². The maximum absolute atomic E-state index is 13.5. The van der Waals surface area contributed by atoms with Crippen molar-refractivity contribution in [3.63, 3.8) is 0 Å². The summed E-state index contributed by atoms with van der Waals surface area (Å²) in [5.41, 5.74) is 1.14. The summed E-state index contributed by atoms with van der Waals surface area (Å²) >= 11 is 0. The van der Waals surface area contributed by atoms with Crippen molar-refractivity contribution in [2.75, 3.05) is 13.6 Å². The Morgan fingerprint density at radius 1 is 1.19 bits per heavy atom. The molecule has 0 heterocycles. The lowest BCUT2D eigenvalue weighted by molar-refractivity contribution is -0.130. The van der Waals surface area contributed by atoms with E-state index in [2.05, 4.69) is 11.4 Å². The summed E-state index contributed by atoms with van der Waals surface area (Å²) in [5, 5.41) is 11.4. The molecule has 0 unspecified atom stereocenters. The first kappa shape index (κ1) is 20.0. The zero-order chi connectivity index (χ0) is 19.8. The molecule has 0 aliphatic carbocycles. The summed E-state index contributed by atoms with van der Waals surface area (Å²) in [6, 6.07) is 11.8. The third-order valence-electron chi connectivity index (χ3n) is 3.93. The van der Waals surface area contributed by atoms with Gasteiger partial charge in [-0.3, -0.25) is 9.59 Å². The second-order valence-electron chi connectivity index (χ2n) is 6.05. The van der Waals surface area contributed by atoms with Gasteiger partial charge in [0.05, 0.1) is 17.2 Å². The highest BCUT2D eigenvalue weighted by molar-refractivity contribution is 5.94. The maximum atomic E-state index is 13.5. The summed E-state index contributed by atoms with van der Waals surface area (Å²) < 4.78 is 26.4. The van der Waals surface area contributed by atoms with Crippen LogP contribution in [0.4, 0.5) is 8.78 Å². The predicted octanol–water partition coefficient (Wildman–Crippen LogP) is 3.01. The van der Waals surface area contributed by atoms with E-state index in [0.717, 1.165) is 17.7 Å². The van der Waals surface area contributed by atoms with Crippen molar-refractivity contribution in [2.24, 2.45) is 0 Å². The number of carbonyl (C=O) groups excluding carboxylic acids is 2. The fourth-order valence-electron chi connectivity index (χ4n) is 2.50. The number of nitrogens with zero attached hydrogens (tertiary/aromatic N) is 2. The molecule has 0 spiro atoms. The number of benzene rings is 2. The van der Waals surface area contributed by atoms with Gasteiger partial charge in [0, 0.05) is 32.6 Å². The third kappa shape index (κ3) is 5.89. The summed E-state index contributed by atoms with van der Waals surface area (Å²) in [5.74, 6) is -2.44. The molecule has 2 aromatic rings. The van der Waals surface area contributed by atoms with E-state index in [1.165, 1.54) is 4.90 Å². The summed E-state index contributed by atoms with van der Waals surface area (Å²) in [4.78, 5) is 25.6. The van der Waals surface area contributed by atoms with Crippen LogP contribution in [0.25, 0.3) is 0 Å². The number of halogens is 2. The SMILES string of the molecule is CN(Cc1cccc(C#N)c1)C(=O)CCCNC(=O)c1ccc(F)cc1F. The van der Waals surface area contributed by atoms with Crippen molar-refractivity contribution >= 4 is 11.8 Å². The Morgan fingerprint density at radius 3 is 2.67 bits per heavy atom. The van der Waals surface area contributed by atoms with E-state index in [4.69, 9.17) is 5.26 Å². The van der Waals surface area contributed by atoms with Gasteiger partial charge in [-0.1, -0.05) is 12.1 Å². The fourth-order valence-corrected chi connectivity index (χ4v) is 2.50. The second-order valence-corrected chi connectivity index (χ2v) is 6.05. The van der Waals surface area contributed by atoms with Gasteiger partial charge in [-0.05, 0) is 36.2 Å². The van der Waals surface area contributed by atoms with E-state index in [-0.39, 0.29) is 24.4 Å². The molecule has 2 aromatic carbocycles. The molecule has 5 nitrogen and oxygen atoms in total. The van der Waals surface area contributed by atoms with Gasteiger partial charge in [0.25, 0.3) is 5.91 Å². The minimum absolute atomic E-state index is 0.112. The lowest BCUT2D eigenvalue weighted by atomic mass is 10.1. The molecular weight excluding hydrogens is 352 g/mol. The van der Waals surface area contributed by atoms with Crippen LogP contribution in [0.3, 0.4) is 0 Å². The van der Waals surface area contributed by atoms with Gasteiger partial charge in [-0.15, -0.1) is 0 Å². The van der Waals surface area contributed by atoms with Crippen molar-refractivity contribution in [3.05, 3.63) is 70.8 Å². The van der Waals surface area contributed by atoms with Crippen LogP contribution < -0.4 is 5.32 Å². The first-order chi connectivity index (χ1) is 12.9. The molecule has 0 saturated carbocycles. The Bertz CT molecular complexity index is 878. The Labute approximate surface area is 156 Å². The maximum Gasteiger partial charge on any atom is 0.254 e. The smallest absolute Gasteiger partial charge is 0.254 e. The summed E-state index contributed by atoms with van der Waals surface area (Å²) in [6.07, 6.45) is 0.594. The number of hydrogen-bond donors (Lipinski definition) is 1. The standard InChI is InChI=1S/C20H19F2N3O2/c1-25(13-15-5-2-4-14(10-15)12-23)19(26)6-3-9-24-20(27)17-8-7-16(21)11-18(17)22/h2,4-5,7-8,10-11H,3,6,9,13H2,1H3,(H,24,27). The van der Waals surface area contributed by atoms with Crippen molar-refractivity contribution in [1.29, 1.82) is 5.26 Å². The molecule has 0 radical (unpaired) electrons. The van der Waals surface area contributed by atoms with Gasteiger partial charge in [-0.2, -0.15) is 5.26 Å². The number of rotatable bonds is 7. The van der Waals surface area contributed by atoms with Crippen LogP contribution in [0.1, 0.15) is 34.3 Å². The Hall–Kier alpha value is -3.27. The first-order valence-electron chi connectivity index (χ1n) is 8.37. The van der Waals surface area contributed by atoms with E-state index in [1.54, 1.807) is 25.2 Å². The zero-order valence-corrected chi connectivity index (χ0v) is 14.8. The molecule has 27 heavy (non-hydrogen) atoms. The molecule has 1 N–H and O–H groups in total. The number of hydrogen-bond acceptors (Lipinski definition) is 3. The van der Waals surface area contributed by atoms with Gasteiger partial charge in [-0.25, -0.2) is 8.78 Å². The number of carbonyl (C=O) groups is 2. The van der Waals surface area contributed by atoms with Gasteiger partial charge in [0.2, 0.25) is 5.91 Å². The van der Waals surface area contributed by atoms with Crippen LogP contribution >= 0.6 is 0 Å². The van der Waals surface area contributed by atoms with Crippen LogP contribution in [0.5, 0.6) is 0 Å². The summed E-state index contributed by atoms with van der Waals surface area (Å²) in [6.45, 7) is 0.570. The van der Waals surface area contributed by atoms with Gasteiger partial charge >= 0.3 is 0 Å². The molecular formula is C20H19F2N3O2. The van der Waals surface area contributed by atoms with Crippen LogP contribution in [0.2, 0.25) is 0 Å². The molecule has 7 heteroatoms. The van der Waals surface area contributed by atoms with E-state index < -0.39 is 17.5 Å². The fraction of sp³-hybridized carbons (Fsp3) is 0.250.